The Morgan fingerprint density at radius 2 is 2.13 bits per heavy atom. The monoisotopic (exact) mass is 331 g/mol. The van der Waals surface area contributed by atoms with E-state index in [0.717, 1.165) is 20.9 Å². The number of benzene rings is 1. The molecule has 1 saturated heterocycles. The van der Waals surface area contributed by atoms with Gasteiger partial charge in [-0.05, 0) is 45.9 Å². The van der Waals surface area contributed by atoms with Crippen molar-refractivity contribution in [2.75, 3.05) is 11.4 Å². The number of nitrogens with one attached hydrogen (secondary N) is 1. The first-order chi connectivity index (χ1) is 10.7. The van der Waals surface area contributed by atoms with E-state index in [1.807, 2.05) is 45.9 Å². The Bertz CT molecular complexity index is 776. The molecule has 1 aromatic carbocycles. The summed E-state index contributed by atoms with van der Waals surface area (Å²) in [6.45, 7) is 8.22. The number of carbonyl (C=O) groups excluding carboxylic acids is 2. The molecule has 0 bridgehead atoms. The second-order valence-corrected chi connectivity index (χ2v) is 8.26. The smallest absolute Gasteiger partial charge is 0.227 e. The summed E-state index contributed by atoms with van der Waals surface area (Å²) in [5, 5.41) is 3.96. The van der Waals surface area contributed by atoms with Gasteiger partial charge in [0.2, 0.25) is 11.8 Å². The van der Waals surface area contributed by atoms with Gasteiger partial charge in [0.15, 0.2) is 0 Å². The van der Waals surface area contributed by atoms with Crippen molar-refractivity contribution in [3.63, 3.8) is 0 Å². The first-order valence-electron chi connectivity index (χ1n) is 7.72. The molecule has 1 aliphatic rings. The summed E-state index contributed by atoms with van der Waals surface area (Å²) in [6, 6.07) is 5.85. The van der Waals surface area contributed by atoms with E-state index in [-0.39, 0.29) is 29.7 Å². The molecule has 23 heavy (non-hydrogen) atoms. The predicted molar refractivity (Wildman–Crippen MR) is 92.7 cm³/mol. The molecule has 1 fully saturated rings. The van der Waals surface area contributed by atoms with Crippen molar-refractivity contribution in [1.29, 1.82) is 0 Å². The number of hydrogen-bond donors (Lipinski definition) is 1. The Morgan fingerprint density at radius 3 is 2.83 bits per heavy atom. The van der Waals surface area contributed by atoms with Crippen LogP contribution in [0.2, 0.25) is 0 Å². The van der Waals surface area contributed by atoms with Crippen LogP contribution in [0.1, 0.15) is 32.2 Å². The summed E-state index contributed by atoms with van der Waals surface area (Å²) in [5.74, 6) is -0.362. The fraction of sp³-hybridized carbons (Fsp3) is 0.471. The van der Waals surface area contributed by atoms with Crippen molar-refractivity contribution in [2.24, 2.45) is 5.92 Å². The van der Waals surface area contributed by atoms with Crippen LogP contribution in [0.15, 0.2) is 18.2 Å². The highest BCUT2D eigenvalue weighted by Crippen LogP contribution is 2.30. The third kappa shape index (κ3) is 3.37. The number of thiazole rings is 1. The molecule has 1 N–H and O–H groups in total. The van der Waals surface area contributed by atoms with Crippen LogP contribution in [-0.2, 0) is 9.59 Å². The predicted octanol–water partition coefficient (Wildman–Crippen LogP) is 2.87. The maximum atomic E-state index is 12.3. The van der Waals surface area contributed by atoms with Crippen molar-refractivity contribution in [2.45, 2.75) is 39.7 Å². The normalized spacial score (nSPS) is 18.7. The maximum absolute atomic E-state index is 12.3. The van der Waals surface area contributed by atoms with E-state index in [1.54, 1.807) is 16.2 Å². The van der Waals surface area contributed by atoms with Crippen LogP contribution in [0.5, 0.6) is 0 Å². The van der Waals surface area contributed by atoms with Gasteiger partial charge in [0.05, 0.1) is 21.1 Å². The number of fused-ring (bicyclic) bond motifs is 1. The zero-order valence-corrected chi connectivity index (χ0v) is 14.7. The van der Waals surface area contributed by atoms with Crippen LogP contribution < -0.4 is 10.2 Å². The van der Waals surface area contributed by atoms with Crippen molar-refractivity contribution in [1.82, 2.24) is 10.3 Å². The second kappa shape index (κ2) is 5.60. The van der Waals surface area contributed by atoms with E-state index in [1.165, 1.54) is 0 Å². The lowest BCUT2D eigenvalue weighted by Gasteiger charge is -2.23. The number of aromatic nitrogens is 1. The highest BCUT2D eigenvalue weighted by molar-refractivity contribution is 7.18. The van der Waals surface area contributed by atoms with Crippen LogP contribution in [0, 0.1) is 12.8 Å². The summed E-state index contributed by atoms with van der Waals surface area (Å²) >= 11 is 1.64. The zero-order chi connectivity index (χ0) is 16.8. The van der Waals surface area contributed by atoms with Gasteiger partial charge in [-0.1, -0.05) is 0 Å². The largest absolute Gasteiger partial charge is 0.351 e. The first-order valence-corrected chi connectivity index (χ1v) is 8.54. The maximum Gasteiger partial charge on any atom is 0.227 e. The van der Waals surface area contributed by atoms with E-state index in [4.69, 9.17) is 0 Å². The van der Waals surface area contributed by atoms with Crippen molar-refractivity contribution in [3.05, 3.63) is 23.2 Å². The molecule has 2 heterocycles. The zero-order valence-electron chi connectivity index (χ0n) is 13.8. The van der Waals surface area contributed by atoms with Crippen molar-refractivity contribution < 1.29 is 9.59 Å². The van der Waals surface area contributed by atoms with Crippen LogP contribution in [0.25, 0.3) is 10.2 Å². The first kappa shape index (κ1) is 15.9. The molecular formula is C17H21N3O2S. The van der Waals surface area contributed by atoms with Gasteiger partial charge < -0.3 is 10.2 Å². The van der Waals surface area contributed by atoms with E-state index >= 15 is 0 Å². The number of carbonyl (C=O) groups is 2. The quantitative estimate of drug-likeness (QED) is 0.920. The molecule has 0 saturated carbocycles. The number of nitrogens with zero attached hydrogens (tertiary/aromatic N) is 2. The van der Waals surface area contributed by atoms with E-state index < -0.39 is 0 Å². The summed E-state index contributed by atoms with van der Waals surface area (Å²) in [6.07, 6.45) is 0.260. The standard InChI is InChI=1S/C17H21N3O2S/c1-10-18-13-8-12(5-6-14(13)23-10)20-9-11(7-15(20)21)16(22)19-17(2,3)4/h5-6,8,11H,7,9H2,1-4H3,(H,19,22). The van der Waals surface area contributed by atoms with Gasteiger partial charge >= 0.3 is 0 Å². The van der Waals surface area contributed by atoms with Gasteiger partial charge in [-0.3, -0.25) is 9.59 Å². The van der Waals surface area contributed by atoms with Crippen LogP contribution in [-0.4, -0.2) is 28.9 Å². The summed E-state index contributed by atoms with van der Waals surface area (Å²) in [4.78, 5) is 30.8. The van der Waals surface area contributed by atoms with E-state index in [2.05, 4.69) is 10.3 Å². The lowest BCUT2D eigenvalue weighted by molar-refractivity contribution is -0.127. The minimum Gasteiger partial charge on any atom is -0.351 e. The third-order valence-electron chi connectivity index (χ3n) is 3.78. The van der Waals surface area contributed by atoms with Crippen LogP contribution in [0.3, 0.4) is 0 Å². The molecule has 0 radical (unpaired) electrons. The lowest BCUT2D eigenvalue weighted by Crippen LogP contribution is -2.44. The highest BCUT2D eigenvalue weighted by Gasteiger charge is 2.36. The lowest BCUT2D eigenvalue weighted by atomic mass is 10.0. The summed E-state index contributed by atoms with van der Waals surface area (Å²) in [7, 11) is 0. The average Bonchev–Trinajstić information content (AvgIpc) is 2.97. The SMILES string of the molecule is Cc1nc2cc(N3CC(C(=O)NC(C)(C)C)CC3=O)ccc2s1. The van der Waals surface area contributed by atoms with Gasteiger partial charge in [-0.25, -0.2) is 4.98 Å². The summed E-state index contributed by atoms with van der Waals surface area (Å²) < 4.78 is 1.11. The highest BCUT2D eigenvalue weighted by atomic mass is 32.1. The molecular weight excluding hydrogens is 310 g/mol. The van der Waals surface area contributed by atoms with Crippen LogP contribution >= 0.6 is 11.3 Å². The molecule has 1 atom stereocenters. The Labute approximate surface area is 139 Å². The van der Waals surface area contributed by atoms with Crippen molar-refractivity contribution >= 4 is 39.1 Å². The summed E-state index contributed by atoms with van der Waals surface area (Å²) in [5.41, 5.74) is 1.43. The van der Waals surface area contributed by atoms with Gasteiger partial charge in [0.1, 0.15) is 0 Å². The number of aryl methyl sites for hydroxylation is 1. The average molecular weight is 331 g/mol. The number of hydrogen-bond acceptors (Lipinski definition) is 4. The molecule has 2 aromatic rings. The Balaban J connectivity index is 1.80. The van der Waals surface area contributed by atoms with Gasteiger partial charge in [-0.15, -0.1) is 11.3 Å². The molecule has 0 spiro atoms. The fourth-order valence-electron chi connectivity index (χ4n) is 2.80. The Morgan fingerprint density at radius 1 is 1.39 bits per heavy atom. The number of amides is 2. The molecule has 1 aromatic heterocycles. The van der Waals surface area contributed by atoms with Gasteiger partial charge in [0.25, 0.3) is 0 Å². The molecule has 1 aliphatic heterocycles. The van der Waals surface area contributed by atoms with Crippen molar-refractivity contribution in [3.8, 4) is 0 Å². The minimum atomic E-state index is -0.297. The molecule has 122 valence electrons. The molecule has 0 aliphatic carbocycles. The topological polar surface area (TPSA) is 62.3 Å². The number of anilines is 1. The fourth-order valence-corrected chi connectivity index (χ4v) is 3.61. The molecule has 2 amide bonds. The van der Waals surface area contributed by atoms with Gasteiger partial charge in [-0.2, -0.15) is 0 Å². The van der Waals surface area contributed by atoms with E-state index in [0.29, 0.717) is 6.54 Å². The molecule has 5 nitrogen and oxygen atoms in total. The van der Waals surface area contributed by atoms with E-state index in [9.17, 15) is 9.59 Å². The minimum absolute atomic E-state index is 0.00893. The second-order valence-electron chi connectivity index (χ2n) is 7.03. The number of rotatable bonds is 2. The van der Waals surface area contributed by atoms with Crippen LogP contribution in [0.4, 0.5) is 5.69 Å². The Hall–Kier alpha value is -1.95. The molecule has 1 unspecified atom stereocenters. The molecule has 6 heteroatoms. The molecule has 3 rings (SSSR count). The van der Waals surface area contributed by atoms with Gasteiger partial charge in [0, 0.05) is 24.2 Å². The Kier molecular flexibility index (Phi) is 3.88. The third-order valence-corrected chi connectivity index (χ3v) is 4.74.